The van der Waals surface area contributed by atoms with E-state index in [1.54, 1.807) is 0 Å². The molecule has 4 aromatic carbocycles. The van der Waals surface area contributed by atoms with Crippen molar-refractivity contribution in [3.63, 3.8) is 0 Å². The third-order valence-electron chi connectivity index (χ3n) is 5.03. The minimum absolute atomic E-state index is 0.229. The summed E-state index contributed by atoms with van der Waals surface area (Å²) < 4.78 is 0. The lowest BCUT2D eigenvalue weighted by Crippen LogP contribution is -2.05. The van der Waals surface area contributed by atoms with E-state index in [0.717, 1.165) is 0 Å². The van der Waals surface area contributed by atoms with Gasteiger partial charge in [0.1, 0.15) is 23.5 Å². The highest BCUT2D eigenvalue weighted by Gasteiger charge is 2.15. The summed E-state index contributed by atoms with van der Waals surface area (Å²) in [6, 6.07) is 45.7. The Morgan fingerprint density at radius 1 is 0.412 bits per heavy atom. The molecule has 34 heavy (non-hydrogen) atoms. The predicted octanol–water partition coefficient (Wildman–Crippen LogP) is 5.86. The van der Waals surface area contributed by atoms with Gasteiger partial charge in [0.05, 0.1) is 0 Å². The van der Waals surface area contributed by atoms with Crippen LogP contribution in [0.5, 0.6) is 0 Å². The Labute approximate surface area is 200 Å². The fourth-order valence-corrected chi connectivity index (χ4v) is 3.45. The predicted molar refractivity (Wildman–Crippen MR) is 137 cm³/mol. The van der Waals surface area contributed by atoms with Crippen LogP contribution in [-0.2, 0) is 0 Å². The second-order valence-corrected chi connectivity index (χ2v) is 7.27. The Kier molecular flexibility index (Phi) is 8.40. The number of rotatable bonds is 4. The molecular formula is C30H24N4. The zero-order valence-electron chi connectivity index (χ0n) is 18.6. The summed E-state index contributed by atoms with van der Waals surface area (Å²) in [4.78, 5) is 0. The molecule has 0 aliphatic rings. The monoisotopic (exact) mass is 440 g/mol. The standard InChI is InChI=1S/C26H20.C4H4N4/c1-5-13-21(14-6-1)25(22-15-7-2-8-16-22)26(23-17-9-3-10-18-23)24-19-11-4-12-20-24;5-1-3(7)4(8)2-6/h1-20H;7-8H2/b;4-3-. The SMILES string of the molecule is N#C/C(N)=C(/N)C#N.c1ccc(C(=C(c2ccccc2)c2ccccc2)c2ccccc2)cc1. The Morgan fingerprint density at radius 3 is 0.794 bits per heavy atom. The molecule has 4 rings (SSSR count). The van der Waals surface area contributed by atoms with Gasteiger partial charge in [0, 0.05) is 0 Å². The zero-order valence-corrected chi connectivity index (χ0v) is 18.6. The van der Waals surface area contributed by atoms with Crippen molar-refractivity contribution in [2.24, 2.45) is 11.5 Å². The van der Waals surface area contributed by atoms with Gasteiger partial charge in [-0.05, 0) is 33.4 Å². The summed E-state index contributed by atoms with van der Waals surface area (Å²) in [5.74, 6) is 0. The van der Waals surface area contributed by atoms with Crippen molar-refractivity contribution in [1.82, 2.24) is 0 Å². The van der Waals surface area contributed by atoms with Crippen LogP contribution in [0.3, 0.4) is 0 Å². The number of nitrogens with zero attached hydrogens (tertiary/aromatic N) is 2. The third kappa shape index (κ3) is 6.01. The molecule has 0 atom stereocenters. The first-order valence-electron chi connectivity index (χ1n) is 10.7. The van der Waals surface area contributed by atoms with Crippen LogP contribution in [0.1, 0.15) is 22.3 Å². The smallest absolute Gasteiger partial charge is 0.145 e. The molecule has 0 saturated carbocycles. The lowest BCUT2D eigenvalue weighted by atomic mass is 9.86. The quantitative estimate of drug-likeness (QED) is 0.307. The van der Waals surface area contributed by atoms with Gasteiger partial charge in [-0.3, -0.25) is 0 Å². The van der Waals surface area contributed by atoms with Gasteiger partial charge in [0.2, 0.25) is 0 Å². The van der Waals surface area contributed by atoms with Crippen LogP contribution < -0.4 is 11.5 Å². The molecule has 164 valence electrons. The Bertz CT molecular complexity index is 1150. The van der Waals surface area contributed by atoms with Crippen LogP contribution >= 0.6 is 0 Å². The van der Waals surface area contributed by atoms with Crippen molar-refractivity contribution in [3.8, 4) is 12.1 Å². The summed E-state index contributed by atoms with van der Waals surface area (Å²) in [5, 5.41) is 15.9. The Morgan fingerprint density at radius 2 is 0.618 bits per heavy atom. The van der Waals surface area contributed by atoms with Crippen molar-refractivity contribution in [2.45, 2.75) is 0 Å². The van der Waals surface area contributed by atoms with Gasteiger partial charge in [-0.2, -0.15) is 10.5 Å². The molecule has 4 N–H and O–H groups in total. The van der Waals surface area contributed by atoms with Crippen molar-refractivity contribution in [3.05, 3.63) is 155 Å². The zero-order chi connectivity index (χ0) is 24.2. The fourth-order valence-electron chi connectivity index (χ4n) is 3.45. The molecule has 0 fully saturated rings. The normalized spacial score (nSPS) is 10.4. The van der Waals surface area contributed by atoms with Crippen LogP contribution in [0.25, 0.3) is 11.1 Å². The topological polar surface area (TPSA) is 99.6 Å². The number of nitriles is 2. The first-order valence-corrected chi connectivity index (χ1v) is 10.7. The Hall–Kier alpha value is -5.06. The molecule has 4 nitrogen and oxygen atoms in total. The first kappa shape index (κ1) is 23.6. The van der Waals surface area contributed by atoms with Crippen LogP contribution in [0.2, 0.25) is 0 Å². The van der Waals surface area contributed by atoms with E-state index >= 15 is 0 Å². The number of hydrogen-bond acceptors (Lipinski definition) is 4. The van der Waals surface area contributed by atoms with Gasteiger partial charge in [-0.1, -0.05) is 121 Å². The van der Waals surface area contributed by atoms with E-state index in [9.17, 15) is 0 Å². The molecule has 0 amide bonds. The van der Waals surface area contributed by atoms with Crippen LogP contribution in [0.15, 0.2) is 133 Å². The molecule has 0 bridgehead atoms. The molecule has 0 saturated heterocycles. The van der Waals surface area contributed by atoms with Crippen molar-refractivity contribution < 1.29 is 0 Å². The molecule has 0 heterocycles. The number of hydrogen-bond donors (Lipinski definition) is 2. The van der Waals surface area contributed by atoms with E-state index in [2.05, 4.69) is 121 Å². The van der Waals surface area contributed by atoms with Crippen molar-refractivity contribution >= 4 is 11.1 Å². The van der Waals surface area contributed by atoms with Crippen LogP contribution in [-0.4, -0.2) is 0 Å². The molecule has 0 spiro atoms. The summed E-state index contributed by atoms with van der Waals surface area (Å²) in [5.41, 5.74) is 16.7. The highest BCUT2D eigenvalue weighted by atomic mass is 14.7. The molecule has 4 aromatic rings. The van der Waals surface area contributed by atoms with Gasteiger partial charge in [0.15, 0.2) is 0 Å². The minimum atomic E-state index is -0.229. The lowest BCUT2D eigenvalue weighted by Gasteiger charge is -2.18. The summed E-state index contributed by atoms with van der Waals surface area (Å²) >= 11 is 0. The first-order chi connectivity index (χ1) is 16.7. The minimum Gasteiger partial charge on any atom is -0.388 e. The third-order valence-corrected chi connectivity index (χ3v) is 5.03. The molecular weight excluding hydrogens is 416 g/mol. The number of allylic oxidation sites excluding steroid dienone is 2. The van der Waals surface area contributed by atoms with Gasteiger partial charge < -0.3 is 11.5 Å². The van der Waals surface area contributed by atoms with Gasteiger partial charge >= 0.3 is 0 Å². The van der Waals surface area contributed by atoms with E-state index in [-0.39, 0.29) is 11.4 Å². The number of nitrogens with two attached hydrogens (primary N) is 2. The maximum Gasteiger partial charge on any atom is 0.145 e. The molecule has 0 aliphatic heterocycles. The van der Waals surface area contributed by atoms with Crippen LogP contribution in [0.4, 0.5) is 0 Å². The van der Waals surface area contributed by atoms with Gasteiger partial charge in [0.25, 0.3) is 0 Å². The maximum absolute atomic E-state index is 7.97. The van der Waals surface area contributed by atoms with E-state index < -0.39 is 0 Å². The Balaban J connectivity index is 0.000000350. The van der Waals surface area contributed by atoms with Crippen molar-refractivity contribution in [1.29, 1.82) is 10.5 Å². The average Bonchev–Trinajstić information content (AvgIpc) is 2.93. The molecule has 0 aliphatic carbocycles. The van der Waals surface area contributed by atoms with Crippen LogP contribution in [0, 0.1) is 22.7 Å². The van der Waals surface area contributed by atoms with E-state index in [1.807, 2.05) is 0 Å². The fraction of sp³-hybridized carbons (Fsp3) is 0. The highest BCUT2D eigenvalue weighted by Crippen LogP contribution is 2.36. The van der Waals surface area contributed by atoms with Crippen molar-refractivity contribution in [2.75, 3.05) is 0 Å². The lowest BCUT2D eigenvalue weighted by molar-refractivity contribution is 1.27. The van der Waals surface area contributed by atoms with Gasteiger partial charge in [-0.25, -0.2) is 0 Å². The summed E-state index contributed by atoms with van der Waals surface area (Å²) in [7, 11) is 0. The average molecular weight is 441 g/mol. The van der Waals surface area contributed by atoms with E-state index in [0.29, 0.717) is 0 Å². The largest absolute Gasteiger partial charge is 0.388 e. The summed E-state index contributed by atoms with van der Waals surface area (Å²) in [6.45, 7) is 0. The number of benzene rings is 4. The molecule has 0 unspecified atom stereocenters. The molecule has 0 aromatic heterocycles. The maximum atomic E-state index is 7.97. The highest BCUT2D eigenvalue weighted by molar-refractivity contribution is 6.04. The van der Waals surface area contributed by atoms with E-state index in [1.165, 1.54) is 45.5 Å². The molecule has 0 radical (unpaired) electrons. The molecule has 4 heteroatoms. The second-order valence-electron chi connectivity index (χ2n) is 7.27. The van der Waals surface area contributed by atoms with E-state index in [4.69, 9.17) is 22.0 Å². The second kappa shape index (κ2) is 12.1. The van der Waals surface area contributed by atoms with Gasteiger partial charge in [-0.15, -0.1) is 0 Å². The summed E-state index contributed by atoms with van der Waals surface area (Å²) in [6.07, 6.45) is 0.